The number of benzene rings is 2. The van der Waals surface area contributed by atoms with Crippen molar-refractivity contribution in [2.75, 3.05) is 5.73 Å². The number of nitrogens with zero attached hydrogens (tertiary/aromatic N) is 2. The maximum absolute atomic E-state index is 5.94. The SMILES string of the molecule is Cc1ccc(N)c(-c2nc(-c3ccccc3)no2)c1. The molecule has 3 rings (SSSR count). The van der Waals surface area contributed by atoms with Crippen LogP contribution < -0.4 is 5.73 Å². The number of rotatable bonds is 2. The molecule has 0 bridgehead atoms. The van der Waals surface area contributed by atoms with Crippen LogP contribution in [0, 0.1) is 6.92 Å². The number of hydrogen-bond acceptors (Lipinski definition) is 4. The summed E-state index contributed by atoms with van der Waals surface area (Å²) in [5, 5.41) is 3.99. The summed E-state index contributed by atoms with van der Waals surface area (Å²) < 4.78 is 5.30. The monoisotopic (exact) mass is 251 g/mol. The van der Waals surface area contributed by atoms with Crippen LogP contribution in [-0.2, 0) is 0 Å². The minimum Gasteiger partial charge on any atom is -0.398 e. The van der Waals surface area contributed by atoms with Crippen molar-refractivity contribution in [1.82, 2.24) is 10.1 Å². The number of aromatic nitrogens is 2. The number of nitrogen functional groups attached to an aromatic ring is 1. The number of nitrogens with two attached hydrogens (primary N) is 1. The molecule has 4 heteroatoms. The first-order valence-electron chi connectivity index (χ1n) is 5.99. The predicted octanol–water partition coefficient (Wildman–Crippen LogP) is 3.29. The normalized spacial score (nSPS) is 10.6. The summed E-state index contributed by atoms with van der Waals surface area (Å²) in [4.78, 5) is 4.39. The Morgan fingerprint density at radius 3 is 2.63 bits per heavy atom. The standard InChI is InChI=1S/C15H13N3O/c1-10-7-8-13(16)12(9-10)15-17-14(18-19-15)11-5-3-2-4-6-11/h2-9H,16H2,1H3. The molecule has 0 radical (unpaired) electrons. The van der Waals surface area contributed by atoms with E-state index in [0.29, 0.717) is 17.4 Å². The van der Waals surface area contributed by atoms with Gasteiger partial charge in [-0.15, -0.1) is 0 Å². The van der Waals surface area contributed by atoms with Gasteiger partial charge in [-0.2, -0.15) is 4.98 Å². The van der Waals surface area contributed by atoms with Crippen LogP contribution in [0.3, 0.4) is 0 Å². The highest BCUT2D eigenvalue weighted by molar-refractivity contribution is 5.72. The number of hydrogen-bond donors (Lipinski definition) is 1. The fourth-order valence-corrected chi connectivity index (χ4v) is 1.89. The zero-order valence-electron chi connectivity index (χ0n) is 10.5. The molecule has 0 unspecified atom stereocenters. The number of aryl methyl sites for hydroxylation is 1. The molecule has 2 aromatic carbocycles. The van der Waals surface area contributed by atoms with Crippen LogP contribution in [-0.4, -0.2) is 10.1 Å². The highest BCUT2D eigenvalue weighted by Gasteiger charge is 2.12. The summed E-state index contributed by atoms with van der Waals surface area (Å²) in [6, 6.07) is 15.4. The summed E-state index contributed by atoms with van der Waals surface area (Å²) in [6.07, 6.45) is 0. The molecule has 2 N–H and O–H groups in total. The highest BCUT2D eigenvalue weighted by Crippen LogP contribution is 2.27. The Hall–Kier alpha value is -2.62. The van der Waals surface area contributed by atoms with Crippen LogP contribution in [0.4, 0.5) is 5.69 Å². The van der Waals surface area contributed by atoms with Crippen molar-refractivity contribution in [2.24, 2.45) is 0 Å². The molecule has 1 heterocycles. The first-order valence-corrected chi connectivity index (χ1v) is 5.99. The van der Waals surface area contributed by atoms with Crippen molar-refractivity contribution in [2.45, 2.75) is 6.92 Å². The molecule has 4 nitrogen and oxygen atoms in total. The second-order valence-electron chi connectivity index (χ2n) is 4.38. The fraction of sp³-hybridized carbons (Fsp3) is 0.0667. The Labute approximate surface area is 110 Å². The van der Waals surface area contributed by atoms with Gasteiger partial charge in [-0.3, -0.25) is 0 Å². The molecule has 0 aliphatic heterocycles. The van der Waals surface area contributed by atoms with Crippen molar-refractivity contribution in [3.8, 4) is 22.8 Å². The van der Waals surface area contributed by atoms with Crippen molar-refractivity contribution >= 4 is 5.69 Å². The van der Waals surface area contributed by atoms with Crippen molar-refractivity contribution < 1.29 is 4.52 Å². The largest absolute Gasteiger partial charge is 0.398 e. The van der Waals surface area contributed by atoms with Gasteiger partial charge >= 0.3 is 0 Å². The number of anilines is 1. The third kappa shape index (κ3) is 2.20. The van der Waals surface area contributed by atoms with Gasteiger partial charge in [0.25, 0.3) is 5.89 Å². The average molecular weight is 251 g/mol. The van der Waals surface area contributed by atoms with E-state index in [-0.39, 0.29) is 0 Å². The molecular formula is C15H13N3O. The summed E-state index contributed by atoms with van der Waals surface area (Å²) in [6.45, 7) is 2.00. The molecule has 3 aromatic rings. The fourth-order valence-electron chi connectivity index (χ4n) is 1.89. The molecule has 0 amide bonds. The van der Waals surface area contributed by atoms with Crippen LogP contribution in [0.15, 0.2) is 53.1 Å². The lowest BCUT2D eigenvalue weighted by atomic mass is 10.1. The second-order valence-corrected chi connectivity index (χ2v) is 4.38. The highest BCUT2D eigenvalue weighted by atomic mass is 16.5. The van der Waals surface area contributed by atoms with Gasteiger partial charge in [-0.1, -0.05) is 47.1 Å². The van der Waals surface area contributed by atoms with Gasteiger partial charge in [0.1, 0.15) is 0 Å². The maximum Gasteiger partial charge on any atom is 0.260 e. The third-order valence-electron chi connectivity index (χ3n) is 2.90. The first kappa shape index (κ1) is 11.5. The zero-order chi connectivity index (χ0) is 13.2. The molecule has 94 valence electrons. The zero-order valence-corrected chi connectivity index (χ0v) is 10.5. The minimum absolute atomic E-state index is 0.444. The van der Waals surface area contributed by atoms with E-state index in [4.69, 9.17) is 10.3 Å². The molecule has 0 aliphatic rings. The summed E-state index contributed by atoms with van der Waals surface area (Å²) >= 11 is 0. The van der Waals surface area contributed by atoms with Gasteiger partial charge in [0, 0.05) is 11.3 Å². The van der Waals surface area contributed by atoms with Crippen molar-refractivity contribution in [1.29, 1.82) is 0 Å². The summed E-state index contributed by atoms with van der Waals surface area (Å²) in [5.41, 5.74) is 9.37. The van der Waals surface area contributed by atoms with Gasteiger partial charge in [-0.25, -0.2) is 0 Å². The predicted molar refractivity (Wildman–Crippen MR) is 74.3 cm³/mol. The summed E-state index contributed by atoms with van der Waals surface area (Å²) in [7, 11) is 0. The van der Waals surface area contributed by atoms with E-state index in [1.807, 2.05) is 55.5 Å². The van der Waals surface area contributed by atoms with Gasteiger partial charge in [0.15, 0.2) is 0 Å². The lowest BCUT2D eigenvalue weighted by Crippen LogP contribution is -1.90. The molecule has 0 saturated heterocycles. The topological polar surface area (TPSA) is 64.9 Å². The van der Waals surface area contributed by atoms with Crippen LogP contribution in [0.25, 0.3) is 22.8 Å². The van der Waals surface area contributed by atoms with Crippen LogP contribution in [0.1, 0.15) is 5.56 Å². The smallest absolute Gasteiger partial charge is 0.260 e. The molecule has 19 heavy (non-hydrogen) atoms. The first-order chi connectivity index (χ1) is 9.24. The van der Waals surface area contributed by atoms with E-state index < -0.39 is 0 Å². The Balaban J connectivity index is 2.04. The average Bonchev–Trinajstić information content (AvgIpc) is 2.92. The summed E-state index contributed by atoms with van der Waals surface area (Å²) in [5.74, 6) is 1.01. The van der Waals surface area contributed by atoms with Gasteiger partial charge in [0.05, 0.1) is 5.56 Å². The molecule has 0 aliphatic carbocycles. The molecule has 0 fully saturated rings. The van der Waals surface area contributed by atoms with E-state index in [1.54, 1.807) is 0 Å². The van der Waals surface area contributed by atoms with Gasteiger partial charge in [-0.05, 0) is 19.1 Å². The second kappa shape index (κ2) is 4.57. The Bertz CT molecular complexity index is 704. The lowest BCUT2D eigenvalue weighted by Gasteiger charge is -2.01. The lowest BCUT2D eigenvalue weighted by molar-refractivity contribution is 0.432. The van der Waals surface area contributed by atoms with Gasteiger partial charge in [0.2, 0.25) is 5.82 Å². The van der Waals surface area contributed by atoms with Crippen LogP contribution >= 0.6 is 0 Å². The quantitative estimate of drug-likeness (QED) is 0.710. The molecule has 0 atom stereocenters. The van der Waals surface area contributed by atoms with E-state index in [2.05, 4.69) is 10.1 Å². The van der Waals surface area contributed by atoms with Crippen LogP contribution in [0.5, 0.6) is 0 Å². The Morgan fingerprint density at radius 1 is 1.05 bits per heavy atom. The molecule has 0 spiro atoms. The Morgan fingerprint density at radius 2 is 1.84 bits per heavy atom. The third-order valence-corrected chi connectivity index (χ3v) is 2.90. The van der Waals surface area contributed by atoms with Gasteiger partial charge < -0.3 is 10.3 Å². The van der Waals surface area contributed by atoms with E-state index in [0.717, 1.165) is 16.7 Å². The van der Waals surface area contributed by atoms with Crippen LogP contribution in [0.2, 0.25) is 0 Å². The van der Waals surface area contributed by atoms with Crippen molar-refractivity contribution in [3.63, 3.8) is 0 Å². The Kier molecular flexibility index (Phi) is 2.76. The molecule has 0 saturated carbocycles. The van der Waals surface area contributed by atoms with E-state index in [1.165, 1.54) is 0 Å². The van der Waals surface area contributed by atoms with Crippen molar-refractivity contribution in [3.05, 3.63) is 54.1 Å². The van der Waals surface area contributed by atoms with E-state index >= 15 is 0 Å². The van der Waals surface area contributed by atoms with E-state index in [9.17, 15) is 0 Å². The minimum atomic E-state index is 0.444. The molecular weight excluding hydrogens is 238 g/mol. The molecule has 1 aromatic heterocycles. The maximum atomic E-state index is 5.94.